The van der Waals surface area contributed by atoms with Gasteiger partial charge in [-0.3, -0.25) is 4.79 Å². The first kappa shape index (κ1) is 21.6. The quantitative estimate of drug-likeness (QED) is 0.457. The lowest BCUT2D eigenvalue weighted by Crippen LogP contribution is -2.36. The maximum Gasteiger partial charge on any atom is 0.137 e. The molecule has 0 aromatic carbocycles. The van der Waals surface area contributed by atoms with Crippen molar-refractivity contribution in [3.8, 4) is 0 Å². The SMILES string of the molecule is C=C1CCC(=O)CC1=C/C=C1\CCC[C@]2(C)[C@@H]([C@H](C)CCCC(C)C)CC[C@@H]12. The number of rotatable bonds is 6. The minimum Gasteiger partial charge on any atom is -0.299 e. The summed E-state index contributed by atoms with van der Waals surface area (Å²) >= 11 is 0. The van der Waals surface area contributed by atoms with Gasteiger partial charge in [0, 0.05) is 12.8 Å². The van der Waals surface area contributed by atoms with Crippen LogP contribution in [0.5, 0.6) is 0 Å². The summed E-state index contributed by atoms with van der Waals surface area (Å²) in [5.74, 6) is 3.69. The van der Waals surface area contributed by atoms with E-state index >= 15 is 0 Å². The number of ketones is 1. The Balaban J connectivity index is 1.70. The van der Waals surface area contributed by atoms with Crippen molar-refractivity contribution >= 4 is 5.78 Å². The molecule has 0 aromatic rings. The molecule has 0 saturated heterocycles. The van der Waals surface area contributed by atoms with Crippen LogP contribution in [0.15, 0.2) is 35.5 Å². The summed E-state index contributed by atoms with van der Waals surface area (Å²) in [5, 5.41) is 0. The molecule has 3 aliphatic carbocycles. The second-order valence-electron chi connectivity index (χ2n) is 10.7. The van der Waals surface area contributed by atoms with Crippen molar-refractivity contribution in [2.75, 3.05) is 0 Å². The van der Waals surface area contributed by atoms with Crippen LogP contribution in [0.3, 0.4) is 0 Å². The van der Waals surface area contributed by atoms with Gasteiger partial charge in [0.2, 0.25) is 0 Å². The normalized spacial score (nSPS) is 35.0. The highest BCUT2D eigenvalue weighted by Crippen LogP contribution is 2.59. The second-order valence-corrected chi connectivity index (χ2v) is 10.7. The molecule has 0 N–H and O–H groups in total. The number of hydrogen-bond acceptors (Lipinski definition) is 1. The van der Waals surface area contributed by atoms with Gasteiger partial charge in [-0.2, -0.15) is 0 Å². The van der Waals surface area contributed by atoms with E-state index in [1.165, 1.54) is 62.5 Å². The van der Waals surface area contributed by atoms with Gasteiger partial charge in [-0.25, -0.2) is 0 Å². The summed E-state index contributed by atoms with van der Waals surface area (Å²) in [4.78, 5) is 11.8. The first-order valence-electron chi connectivity index (χ1n) is 11.9. The Morgan fingerprint density at radius 3 is 2.64 bits per heavy atom. The van der Waals surface area contributed by atoms with Gasteiger partial charge in [0.05, 0.1) is 0 Å². The van der Waals surface area contributed by atoms with Gasteiger partial charge in [0.1, 0.15) is 5.78 Å². The molecule has 0 spiro atoms. The van der Waals surface area contributed by atoms with Gasteiger partial charge in [-0.15, -0.1) is 0 Å². The van der Waals surface area contributed by atoms with Crippen LogP contribution in [0, 0.1) is 29.1 Å². The van der Waals surface area contributed by atoms with Gasteiger partial charge in [-0.1, -0.05) is 76.8 Å². The van der Waals surface area contributed by atoms with E-state index in [1.54, 1.807) is 5.57 Å². The lowest BCUT2D eigenvalue weighted by molar-refractivity contribution is -0.118. The lowest BCUT2D eigenvalue weighted by atomic mass is 9.60. The van der Waals surface area contributed by atoms with Crippen molar-refractivity contribution in [2.24, 2.45) is 29.1 Å². The predicted molar refractivity (Wildman–Crippen MR) is 120 cm³/mol. The van der Waals surface area contributed by atoms with Crippen LogP contribution in [0.2, 0.25) is 0 Å². The van der Waals surface area contributed by atoms with Crippen LogP contribution < -0.4 is 0 Å². The first-order chi connectivity index (χ1) is 13.3. The van der Waals surface area contributed by atoms with Crippen molar-refractivity contribution in [3.05, 3.63) is 35.5 Å². The van der Waals surface area contributed by atoms with Crippen LogP contribution in [0.1, 0.15) is 98.3 Å². The molecule has 3 rings (SSSR count). The molecule has 4 atom stereocenters. The third kappa shape index (κ3) is 4.71. The standard InChI is InChI=1S/C27H42O/c1-19(2)8-6-9-21(4)25-15-16-26-22(10-7-17-27(25,26)5)12-13-23-18-24(28)14-11-20(23)3/h12-13,19,21,25-26H,3,6-11,14-18H2,1-2,4-5H3/b22-12+,23-13?/t21-,25-,26+,27-/m1/s1. The van der Waals surface area contributed by atoms with Crippen molar-refractivity contribution in [1.82, 2.24) is 0 Å². The maximum atomic E-state index is 11.8. The Bertz CT molecular complexity index is 649. The highest BCUT2D eigenvalue weighted by atomic mass is 16.1. The smallest absolute Gasteiger partial charge is 0.137 e. The number of hydrogen-bond donors (Lipinski definition) is 0. The number of carbonyl (C=O) groups excluding carboxylic acids is 1. The molecule has 0 aromatic heterocycles. The van der Waals surface area contributed by atoms with Crippen LogP contribution >= 0.6 is 0 Å². The average molecular weight is 383 g/mol. The van der Waals surface area contributed by atoms with Crippen LogP contribution in [-0.4, -0.2) is 5.78 Å². The molecule has 0 aliphatic heterocycles. The fraction of sp³-hybridized carbons (Fsp3) is 0.741. The van der Waals surface area contributed by atoms with E-state index < -0.39 is 0 Å². The summed E-state index contributed by atoms with van der Waals surface area (Å²) in [5.41, 5.74) is 4.51. The van der Waals surface area contributed by atoms with Crippen molar-refractivity contribution in [1.29, 1.82) is 0 Å². The zero-order valence-electron chi connectivity index (χ0n) is 18.9. The van der Waals surface area contributed by atoms with E-state index in [4.69, 9.17) is 0 Å². The zero-order valence-corrected chi connectivity index (χ0v) is 18.9. The molecule has 156 valence electrons. The molecule has 3 saturated carbocycles. The van der Waals surface area contributed by atoms with Gasteiger partial charge >= 0.3 is 0 Å². The van der Waals surface area contributed by atoms with E-state index in [9.17, 15) is 4.79 Å². The molecular weight excluding hydrogens is 340 g/mol. The van der Waals surface area contributed by atoms with E-state index in [0.717, 1.165) is 30.1 Å². The van der Waals surface area contributed by atoms with Crippen molar-refractivity contribution < 1.29 is 4.79 Å². The third-order valence-corrected chi connectivity index (χ3v) is 8.21. The Labute approximate surface area is 173 Å². The fourth-order valence-corrected chi connectivity index (χ4v) is 6.52. The highest BCUT2D eigenvalue weighted by Gasteiger charge is 2.50. The van der Waals surface area contributed by atoms with Crippen molar-refractivity contribution in [3.63, 3.8) is 0 Å². The Kier molecular flexibility index (Phi) is 7.05. The minimum atomic E-state index is 0.377. The maximum absolute atomic E-state index is 11.8. The molecule has 3 fully saturated rings. The van der Waals surface area contributed by atoms with Gasteiger partial charge < -0.3 is 0 Å². The molecule has 1 heteroatoms. The summed E-state index contributed by atoms with van der Waals surface area (Å²) in [6.07, 6.45) is 17.7. The first-order valence-corrected chi connectivity index (χ1v) is 11.9. The Morgan fingerprint density at radius 2 is 1.89 bits per heavy atom. The number of Topliss-reactive ketones (excluding diaryl/α,β-unsaturated/α-hetero) is 1. The molecule has 1 nitrogen and oxygen atoms in total. The highest BCUT2D eigenvalue weighted by molar-refractivity contribution is 5.84. The van der Waals surface area contributed by atoms with E-state index in [1.807, 2.05) is 0 Å². The van der Waals surface area contributed by atoms with Crippen molar-refractivity contribution in [2.45, 2.75) is 98.3 Å². The Hall–Kier alpha value is -1.11. The molecule has 0 bridgehead atoms. The van der Waals surface area contributed by atoms with E-state index in [-0.39, 0.29) is 0 Å². The molecule has 0 amide bonds. The molecule has 28 heavy (non-hydrogen) atoms. The molecule has 0 unspecified atom stereocenters. The Morgan fingerprint density at radius 1 is 1.11 bits per heavy atom. The van der Waals surface area contributed by atoms with Crippen LogP contribution in [0.25, 0.3) is 0 Å². The minimum absolute atomic E-state index is 0.377. The zero-order chi connectivity index (χ0) is 20.3. The monoisotopic (exact) mass is 382 g/mol. The topological polar surface area (TPSA) is 17.1 Å². The second kappa shape index (κ2) is 9.14. The average Bonchev–Trinajstić information content (AvgIpc) is 2.99. The molecule has 0 heterocycles. The van der Waals surface area contributed by atoms with Gasteiger partial charge in [0.15, 0.2) is 0 Å². The number of allylic oxidation sites excluding steroid dienone is 5. The van der Waals surface area contributed by atoms with E-state index in [2.05, 4.69) is 46.4 Å². The molecule has 3 aliphatic rings. The lowest BCUT2D eigenvalue weighted by Gasteiger charge is -2.44. The predicted octanol–water partition coefficient (Wildman–Crippen LogP) is 7.83. The largest absolute Gasteiger partial charge is 0.299 e. The van der Waals surface area contributed by atoms with Crippen LogP contribution in [0.4, 0.5) is 0 Å². The van der Waals surface area contributed by atoms with Crippen LogP contribution in [-0.2, 0) is 4.79 Å². The summed E-state index contributed by atoms with van der Waals surface area (Å²) < 4.78 is 0. The molecule has 0 radical (unpaired) electrons. The number of fused-ring (bicyclic) bond motifs is 1. The fourth-order valence-electron chi connectivity index (χ4n) is 6.52. The summed E-state index contributed by atoms with van der Waals surface area (Å²) in [7, 11) is 0. The third-order valence-electron chi connectivity index (χ3n) is 8.21. The van der Waals surface area contributed by atoms with Gasteiger partial charge in [-0.05, 0) is 73.2 Å². The number of carbonyl (C=O) groups is 1. The molecular formula is C27H42O. The van der Waals surface area contributed by atoms with E-state index in [0.29, 0.717) is 24.0 Å². The van der Waals surface area contributed by atoms with Gasteiger partial charge in [0.25, 0.3) is 0 Å². The summed E-state index contributed by atoms with van der Waals surface area (Å²) in [6.45, 7) is 14.0. The summed E-state index contributed by atoms with van der Waals surface area (Å²) in [6, 6.07) is 0.